The first-order valence-electron chi connectivity index (χ1n) is 6.30. The molecule has 0 spiro atoms. The molecule has 0 heterocycles. The Morgan fingerprint density at radius 3 is 2.35 bits per heavy atom. The Kier molecular flexibility index (Phi) is 6.36. The summed E-state index contributed by atoms with van der Waals surface area (Å²) >= 11 is 0. The quantitative estimate of drug-likeness (QED) is 0.714. The molecule has 0 saturated carbocycles. The summed E-state index contributed by atoms with van der Waals surface area (Å²) in [6.07, 6.45) is 1.42. The van der Waals surface area contributed by atoms with Crippen molar-refractivity contribution in [3.05, 3.63) is 18.2 Å². The van der Waals surface area contributed by atoms with Crippen molar-refractivity contribution in [1.29, 1.82) is 0 Å². The number of rotatable bonds is 8. The first-order valence-corrected chi connectivity index (χ1v) is 6.30. The van der Waals surface area contributed by atoms with Crippen LogP contribution in [0.2, 0.25) is 0 Å². The molecule has 110 valence electrons. The Morgan fingerprint density at radius 1 is 1.10 bits per heavy atom. The van der Waals surface area contributed by atoms with Crippen LogP contribution in [0.4, 0.5) is 5.69 Å². The first kappa shape index (κ1) is 15.8. The number of hydrogen-bond donors (Lipinski definition) is 2. The standard InChI is InChI=1S/C14H19NO5/c1-19-11-8-7-10(9-12(11)20-2)15-13(16)5-3-4-6-14(17)18/h7-9H,3-6H2,1-2H3,(H,15,16)(H,17,18). The molecule has 1 amide bonds. The number of hydrogen-bond acceptors (Lipinski definition) is 4. The second kappa shape index (κ2) is 8.04. The Hall–Kier alpha value is -2.24. The van der Waals surface area contributed by atoms with E-state index in [0.29, 0.717) is 36.4 Å². The highest BCUT2D eigenvalue weighted by atomic mass is 16.5. The second-order valence-electron chi connectivity index (χ2n) is 4.22. The molecule has 0 aliphatic rings. The van der Waals surface area contributed by atoms with Gasteiger partial charge in [0.2, 0.25) is 5.91 Å². The second-order valence-corrected chi connectivity index (χ2v) is 4.22. The molecular weight excluding hydrogens is 262 g/mol. The Labute approximate surface area is 117 Å². The van der Waals surface area contributed by atoms with Crippen LogP contribution in [-0.4, -0.2) is 31.2 Å². The number of carboxylic acids is 1. The van der Waals surface area contributed by atoms with Crippen molar-refractivity contribution < 1.29 is 24.2 Å². The van der Waals surface area contributed by atoms with Crippen LogP contribution in [0.3, 0.4) is 0 Å². The van der Waals surface area contributed by atoms with Crippen LogP contribution < -0.4 is 14.8 Å². The number of carbonyl (C=O) groups is 2. The molecule has 0 aromatic heterocycles. The summed E-state index contributed by atoms with van der Waals surface area (Å²) in [6.45, 7) is 0. The number of unbranched alkanes of at least 4 members (excludes halogenated alkanes) is 1. The number of methoxy groups -OCH3 is 2. The van der Waals surface area contributed by atoms with Gasteiger partial charge in [-0.15, -0.1) is 0 Å². The summed E-state index contributed by atoms with van der Waals surface area (Å²) in [5.41, 5.74) is 0.617. The lowest BCUT2D eigenvalue weighted by atomic mass is 10.2. The third-order valence-corrected chi connectivity index (χ3v) is 2.71. The summed E-state index contributed by atoms with van der Waals surface area (Å²) in [5.74, 6) is 0.135. The van der Waals surface area contributed by atoms with Crippen molar-refractivity contribution in [2.45, 2.75) is 25.7 Å². The van der Waals surface area contributed by atoms with Crippen molar-refractivity contribution in [3.63, 3.8) is 0 Å². The molecule has 0 fully saturated rings. The largest absolute Gasteiger partial charge is 0.493 e. The number of nitrogens with one attached hydrogen (secondary N) is 1. The van der Waals surface area contributed by atoms with Gasteiger partial charge in [0.15, 0.2) is 11.5 Å². The number of amides is 1. The van der Waals surface area contributed by atoms with E-state index in [0.717, 1.165) is 0 Å². The molecular formula is C14H19NO5. The Balaban J connectivity index is 2.47. The predicted octanol–water partition coefficient (Wildman–Crippen LogP) is 2.29. The van der Waals surface area contributed by atoms with E-state index in [9.17, 15) is 9.59 Å². The molecule has 1 rings (SSSR count). The highest BCUT2D eigenvalue weighted by molar-refractivity contribution is 5.91. The van der Waals surface area contributed by atoms with E-state index in [1.165, 1.54) is 7.11 Å². The molecule has 0 saturated heterocycles. The van der Waals surface area contributed by atoms with E-state index in [-0.39, 0.29) is 12.3 Å². The predicted molar refractivity (Wildman–Crippen MR) is 74.3 cm³/mol. The van der Waals surface area contributed by atoms with Gasteiger partial charge < -0.3 is 19.9 Å². The third kappa shape index (κ3) is 5.17. The number of benzene rings is 1. The molecule has 1 aromatic rings. The fourth-order valence-electron chi connectivity index (χ4n) is 1.70. The minimum atomic E-state index is -0.842. The van der Waals surface area contributed by atoms with Crippen molar-refractivity contribution in [2.24, 2.45) is 0 Å². The van der Waals surface area contributed by atoms with E-state index < -0.39 is 5.97 Å². The fourth-order valence-corrected chi connectivity index (χ4v) is 1.70. The van der Waals surface area contributed by atoms with Crippen LogP contribution in [0.5, 0.6) is 11.5 Å². The Morgan fingerprint density at radius 2 is 1.75 bits per heavy atom. The van der Waals surface area contributed by atoms with Gasteiger partial charge in [0.25, 0.3) is 0 Å². The van der Waals surface area contributed by atoms with E-state index in [4.69, 9.17) is 14.6 Å². The van der Waals surface area contributed by atoms with Gasteiger partial charge in [0, 0.05) is 24.6 Å². The number of anilines is 1. The molecule has 0 radical (unpaired) electrons. The van der Waals surface area contributed by atoms with Gasteiger partial charge in [0.1, 0.15) is 0 Å². The normalized spacial score (nSPS) is 9.90. The van der Waals surface area contributed by atoms with Crippen LogP contribution in [0.15, 0.2) is 18.2 Å². The van der Waals surface area contributed by atoms with Crippen LogP contribution in [0, 0.1) is 0 Å². The molecule has 1 aromatic carbocycles. The summed E-state index contributed by atoms with van der Waals surface area (Å²) in [6, 6.07) is 5.10. The van der Waals surface area contributed by atoms with Crippen LogP contribution in [0.25, 0.3) is 0 Å². The molecule has 2 N–H and O–H groups in total. The molecule has 0 bridgehead atoms. The average molecular weight is 281 g/mol. The highest BCUT2D eigenvalue weighted by Gasteiger charge is 2.07. The minimum Gasteiger partial charge on any atom is -0.493 e. The summed E-state index contributed by atoms with van der Waals surface area (Å²) in [5, 5.41) is 11.2. The zero-order valence-electron chi connectivity index (χ0n) is 11.6. The molecule has 0 atom stereocenters. The van der Waals surface area contributed by atoms with Crippen molar-refractivity contribution in [2.75, 3.05) is 19.5 Å². The lowest BCUT2D eigenvalue weighted by Crippen LogP contribution is -2.11. The molecule has 0 unspecified atom stereocenters. The maximum atomic E-state index is 11.7. The maximum Gasteiger partial charge on any atom is 0.303 e. The molecule has 6 nitrogen and oxygen atoms in total. The Bertz CT molecular complexity index is 473. The van der Waals surface area contributed by atoms with Gasteiger partial charge in [0.05, 0.1) is 14.2 Å². The zero-order chi connectivity index (χ0) is 15.0. The SMILES string of the molecule is COc1ccc(NC(=O)CCCCC(=O)O)cc1OC. The van der Waals surface area contributed by atoms with Gasteiger partial charge in [-0.25, -0.2) is 0 Å². The number of carboxylic acid groups (broad SMARTS) is 1. The van der Waals surface area contributed by atoms with Gasteiger partial charge >= 0.3 is 5.97 Å². The van der Waals surface area contributed by atoms with E-state index in [1.54, 1.807) is 25.3 Å². The topological polar surface area (TPSA) is 84.9 Å². The lowest BCUT2D eigenvalue weighted by molar-refractivity contribution is -0.137. The van der Waals surface area contributed by atoms with E-state index >= 15 is 0 Å². The smallest absolute Gasteiger partial charge is 0.303 e. The van der Waals surface area contributed by atoms with E-state index in [2.05, 4.69) is 5.32 Å². The number of ether oxygens (including phenoxy) is 2. The van der Waals surface area contributed by atoms with Gasteiger partial charge in [-0.3, -0.25) is 9.59 Å². The van der Waals surface area contributed by atoms with E-state index in [1.807, 2.05) is 0 Å². The maximum absolute atomic E-state index is 11.7. The van der Waals surface area contributed by atoms with Crippen molar-refractivity contribution in [1.82, 2.24) is 0 Å². The minimum absolute atomic E-state index is 0.0869. The molecule has 0 aliphatic carbocycles. The van der Waals surface area contributed by atoms with Gasteiger partial charge in [-0.05, 0) is 25.0 Å². The molecule has 0 aliphatic heterocycles. The fraction of sp³-hybridized carbons (Fsp3) is 0.429. The van der Waals surface area contributed by atoms with Crippen molar-refractivity contribution in [3.8, 4) is 11.5 Å². The van der Waals surface area contributed by atoms with Crippen molar-refractivity contribution >= 4 is 17.6 Å². The summed E-state index contributed by atoms with van der Waals surface area (Å²) in [7, 11) is 3.06. The lowest BCUT2D eigenvalue weighted by Gasteiger charge is -2.10. The van der Waals surface area contributed by atoms with Gasteiger partial charge in [-0.1, -0.05) is 0 Å². The van der Waals surface area contributed by atoms with Crippen LogP contribution in [0.1, 0.15) is 25.7 Å². The number of aliphatic carboxylic acids is 1. The summed E-state index contributed by atoms with van der Waals surface area (Å²) in [4.78, 5) is 22.0. The average Bonchev–Trinajstić information content (AvgIpc) is 2.43. The first-order chi connectivity index (χ1) is 9.56. The monoisotopic (exact) mass is 281 g/mol. The highest BCUT2D eigenvalue weighted by Crippen LogP contribution is 2.29. The van der Waals surface area contributed by atoms with Gasteiger partial charge in [-0.2, -0.15) is 0 Å². The number of carbonyl (C=O) groups excluding carboxylic acids is 1. The van der Waals surface area contributed by atoms with Crippen LogP contribution in [-0.2, 0) is 9.59 Å². The zero-order valence-corrected chi connectivity index (χ0v) is 11.6. The van der Waals surface area contributed by atoms with Crippen LogP contribution >= 0.6 is 0 Å². The molecule has 6 heteroatoms. The summed E-state index contributed by atoms with van der Waals surface area (Å²) < 4.78 is 10.2. The third-order valence-electron chi connectivity index (χ3n) is 2.71. The molecule has 20 heavy (non-hydrogen) atoms.